The summed E-state index contributed by atoms with van der Waals surface area (Å²) in [5.74, 6) is -3.17. The maximum absolute atomic E-state index is 12.9. The van der Waals surface area contributed by atoms with Crippen LogP contribution in [0, 0.1) is 0 Å². The van der Waals surface area contributed by atoms with E-state index in [9.17, 15) is 24.3 Å². The van der Waals surface area contributed by atoms with Crippen LogP contribution in [0.3, 0.4) is 0 Å². The van der Waals surface area contributed by atoms with Crippen molar-refractivity contribution in [3.05, 3.63) is 33.8 Å². The van der Waals surface area contributed by atoms with E-state index in [-0.39, 0.29) is 10.6 Å². The minimum atomic E-state index is -1.83. The van der Waals surface area contributed by atoms with Gasteiger partial charge in [-0.3, -0.25) is 14.4 Å². The summed E-state index contributed by atoms with van der Waals surface area (Å²) in [5.41, 5.74) is -1.77. The second-order valence-corrected chi connectivity index (χ2v) is 9.55. The molecule has 0 radical (unpaired) electrons. The number of carboxylic acid groups (broad SMARTS) is 1. The molecule has 7 nitrogen and oxygen atoms in total. The molecule has 27 heavy (non-hydrogen) atoms. The van der Waals surface area contributed by atoms with E-state index < -0.39 is 45.3 Å². The first-order valence-electron chi connectivity index (χ1n) is 7.95. The van der Waals surface area contributed by atoms with Crippen LogP contribution in [-0.2, 0) is 14.4 Å². The summed E-state index contributed by atoms with van der Waals surface area (Å²) < 4.78 is -0.827. The molecule has 2 aliphatic heterocycles. The number of ketones is 1. The molecule has 0 spiro atoms. The van der Waals surface area contributed by atoms with Crippen molar-refractivity contribution in [2.24, 2.45) is 0 Å². The van der Waals surface area contributed by atoms with Crippen molar-refractivity contribution in [1.82, 2.24) is 10.2 Å². The number of carbonyl (C=O) groups excluding carboxylic acids is 3. The van der Waals surface area contributed by atoms with E-state index in [1.807, 2.05) is 0 Å². The highest BCUT2D eigenvalue weighted by atomic mass is 35.5. The fourth-order valence-corrected chi connectivity index (χ4v) is 5.75. The Kier molecular flexibility index (Phi) is 4.73. The standard InChI is InChI=1S/C17H16Cl2N2O5S/c1-7(22)17(20-12(23)9-5-4-8(18)6-10(9)19)14(26)21-11(13(24)25)16(2,3)27-15(17)21/h4-6,11,15H,1-3H3,(H,20,23)(H,24,25)/t11-,15+,17-/m0/s1. The van der Waals surface area contributed by atoms with E-state index in [0.717, 1.165) is 4.90 Å². The van der Waals surface area contributed by atoms with Crippen molar-refractivity contribution in [2.45, 2.75) is 42.5 Å². The summed E-state index contributed by atoms with van der Waals surface area (Å²) in [6.07, 6.45) is 0. The summed E-state index contributed by atoms with van der Waals surface area (Å²) in [5, 5.41) is 11.6. The lowest BCUT2D eigenvalue weighted by molar-refractivity contribution is -0.170. The van der Waals surface area contributed by atoms with Crippen LogP contribution in [0.25, 0.3) is 0 Å². The minimum Gasteiger partial charge on any atom is -0.480 e. The molecule has 0 saturated carbocycles. The van der Waals surface area contributed by atoms with Gasteiger partial charge in [-0.2, -0.15) is 0 Å². The summed E-state index contributed by atoms with van der Waals surface area (Å²) in [6.45, 7) is 4.57. The highest BCUT2D eigenvalue weighted by Gasteiger charge is 2.74. The van der Waals surface area contributed by atoms with Gasteiger partial charge in [0.2, 0.25) is 5.54 Å². The van der Waals surface area contributed by atoms with Gasteiger partial charge in [0.25, 0.3) is 11.8 Å². The van der Waals surface area contributed by atoms with Crippen LogP contribution < -0.4 is 5.32 Å². The second kappa shape index (κ2) is 6.39. The number of benzene rings is 1. The SMILES string of the molecule is CC(=O)[C@]1(NC(=O)c2ccc(Cl)cc2Cl)C(=O)N2[C@@H](C(=O)O)C(C)(C)S[C@@H]21. The fraction of sp³-hybridized carbons (Fsp3) is 0.412. The summed E-state index contributed by atoms with van der Waals surface area (Å²) in [7, 11) is 0. The molecule has 2 fully saturated rings. The molecule has 1 aromatic rings. The van der Waals surface area contributed by atoms with E-state index >= 15 is 0 Å². The normalized spacial score (nSPS) is 28.3. The average Bonchev–Trinajstić information content (AvgIpc) is 2.80. The molecular formula is C17H16Cl2N2O5S. The summed E-state index contributed by atoms with van der Waals surface area (Å²) in [6, 6.07) is 3.14. The van der Waals surface area contributed by atoms with Gasteiger partial charge in [0.15, 0.2) is 5.78 Å². The first-order chi connectivity index (χ1) is 12.4. The predicted octanol–water partition coefficient (Wildman–Crippen LogP) is 2.20. The van der Waals surface area contributed by atoms with E-state index in [4.69, 9.17) is 23.2 Å². The van der Waals surface area contributed by atoms with Gasteiger partial charge in [0, 0.05) is 9.77 Å². The van der Waals surface area contributed by atoms with Crippen molar-refractivity contribution in [2.75, 3.05) is 0 Å². The Morgan fingerprint density at radius 1 is 1.26 bits per heavy atom. The molecule has 2 aliphatic rings. The number of hydrogen-bond acceptors (Lipinski definition) is 5. The van der Waals surface area contributed by atoms with Gasteiger partial charge in [0.1, 0.15) is 11.4 Å². The number of rotatable bonds is 4. The van der Waals surface area contributed by atoms with Crippen LogP contribution in [0.4, 0.5) is 0 Å². The Labute approximate surface area is 169 Å². The smallest absolute Gasteiger partial charge is 0.327 e. The monoisotopic (exact) mass is 430 g/mol. The van der Waals surface area contributed by atoms with Gasteiger partial charge in [-0.25, -0.2) is 4.79 Å². The summed E-state index contributed by atoms with van der Waals surface area (Å²) >= 11 is 13.0. The molecule has 0 aromatic heterocycles. The molecule has 10 heteroatoms. The third kappa shape index (κ3) is 2.81. The number of aliphatic carboxylic acids is 1. The zero-order valence-corrected chi connectivity index (χ0v) is 16.9. The van der Waals surface area contributed by atoms with Crippen molar-refractivity contribution >= 4 is 58.5 Å². The Morgan fingerprint density at radius 3 is 2.41 bits per heavy atom. The van der Waals surface area contributed by atoms with E-state index in [1.165, 1.54) is 36.9 Å². The van der Waals surface area contributed by atoms with Crippen LogP contribution in [0.1, 0.15) is 31.1 Å². The average molecular weight is 431 g/mol. The molecule has 2 N–H and O–H groups in total. The van der Waals surface area contributed by atoms with E-state index in [0.29, 0.717) is 5.02 Å². The highest BCUT2D eigenvalue weighted by molar-refractivity contribution is 8.01. The van der Waals surface area contributed by atoms with Gasteiger partial charge in [0.05, 0.1) is 10.6 Å². The number of β-lactam (4-membered cyclic amide) rings is 1. The molecule has 2 saturated heterocycles. The molecule has 0 unspecified atom stereocenters. The number of fused-ring (bicyclic) bond motifs is 1. The number of Topliss-reactive ketones (excluding diaryl/α,β-unsaturated/α-hetero) is 1. The van der Waals surface area contributed by atoms with Gasteiger partial charge < -0.3 is 15.3 Å². The topological polar surface area (TPSA) is 104 Å². The van der Waals surface area contributed by atoms with E-state index in [2.05, 4.69) is 5.32 Å². The lowest BCUT2D eigenvalue weighted by atomic mass is 9.81. The maximum atomic E-state index is 12.9. The number of hydrogen-bond donors (Lipinski definition) is 2. The van der Waals surface area contributed by atoms with Crippen molar-refractivity contribution in [3.63, 3.8) is 0 Å². The molecule has 1 aromatic carbocycles. The molecule has 2 amide bonds. The van der Waals surface area contributed by atoms with Gasteiger partial charge in [-0.15, -0.1) is 11.8 Å². The third-order valence-electron chi connectivity index (χ3n) is 4.82. The minimum absolute atomic E-state index is 0.0602. The van der Waals surface area contributed by atoms with Crippen LogP contribution in [0.2, 0.25) is 10.0 Å². The molecule has 2 heterocycles. The molecule has 3 rings (SSSR count). The Bertz CT molecular complexity index is 890. The number of nitrogens with zero attached hydrogens (tertiary/aromatic N) is 1. The number of thioether (sulfide) groups is 1. The highest BCUT2D eigenvalue weighted by Crippen LogP contribution is 2.55. The van der Waals surface area contributed by atoms with Crippen molar-refractivity contribution in [3.8, 4) is 0 Å². The molecule has 0 bridgehead atoms. The zero-order valence-electron chi connectivity index (χ0n) is 14.6. The summed E-state index contributed by atoms with van der Waals surface area (Å²) in [4.78, 5) is 50.8. The number of halogens is 2. The first-order valence-corrected chi connectivity index (χ1v) is 9.59. The molecule has 3 atom stereocenters. The van der Waals surface area contributed by atoms with Crippen LogP contribution >= 0.6 is 35.0 Å². The Morgan fingerprint density at radius 2 is 1.89 bits per heavy atom. The maximum Gasteiger partial charge on any atom is 0.327 e. The van der Waals surface area contributed by atoms with Crippen LogP contribution in [0.5, 0.6) is 0 Å². The Hall–Kier alpha value is -1.77. The fourth-order valence-electron chi connectivity index (χ4n) is 3.51. The largest absolute Gasteiger partial charge is 0.480 e. The van der Waals surface area contributed by atoms with Gasteiger partial charge in [-0.05, 0) is 39.0 Å². The van der Waals surface area contributed by atoms with Crippen molar-refractivity contribution in [1.29, 1.82) is 0 Å². The number of amides is 2. The quantitative estimate of drug-likeness (QED) is 0.560. The van der Waals surface area contributed by atoms with Crippen LogP contribution in [-0.4, -0.2) is 55.3 Å². The molecule has 0 aliphatic carbocycles. The number of nitrogens with one attached hydrogen (secondary N) is 1. The Balaban J connectivity index is 1.97. The second-order valence-electron chi connectivity index (χ2n) is 6.97. The molecular weight excluding hydrogens is 415 g/mol. The van der Waals surface area contributed by atoms with E-state index in [1.54, 1.807) is 13.8 Å². The van der Waals surface area contributed by atoms with Gasteiger partial charge >= 0.3 is 5.97 Å². The molecule has 144 valence electrons. The van der Waals surface area contributed by atoms with Crippen LogP contribution in [0.15, 0.2) is 18.2 Å². The third-order valence-corrected chi connectivity index (χ3v) is 7.01. The lowest BCUT2D eigenvalue weighted by Crippen LogP contribution is -2.82. The lowest BCUT2D eigenvalue weighted by Gasteiger charge is -2.51. The van der Waals surface area contributed by atoms with Crippen molar-refractivity contribution < 1.29 is 24.3 Å². The van der Waals surface area contributed by atoms with Gasteiger partial charge in [-0.1, -0.05) is 23.2 Å². The number of carbonyl (C=O) groups is 4. The zero-order chi connectivity index (χ0) is 20.3. The number of carboxylic acids is 1. The predicted molar refractivity (Wildman–Crippen MR) is 101 cm³/mol. The first kappa shape index (κ1) is 20.0.